The summed E-state index contributed by atoms with van der Waals surface area (Å²) >= 11 is 3.37. The highest BCUT2D eigenvalue weighted by Gasteiger charge is 2.17. The maximum Gasteiger partial charge on any atom is 0.271 e. The Kier molecular flexibility index (Phi) is 3.66. The average molecular weight is 351 g/mol. The van der Waals surface area contributed by atoms with Crippen LogP contribution >= 0.6 is 15.9 Å². The minimum atomic E-state index is -0.422. The summed E-state index contributed by atoms with van der Waals surface area (Å²) in [4.78, 5) is 10.4. The minimum Gasteiger partial charge on any atom is -0.454 e. The second-order valence-electron chi connectivity index (χ2n) is 4.43. The number of hydrogen-bond acceptors (Lipinski definition) is 5. The van der Waals surface area contributed by atoms with Crippen molar-refractivity contribution in [1.29, 1.82) is 0 Å². The SMILES string of the molecule is O=[N+]([O-])c1ccc(Br)c(NCc2cccc3c2OCO3)c1. The van der Waals surface area contributed by atoms with Gasteiger partial charge in [-0.2, -0.15) is 0 Å². The van der Waals surface area contributed by atoms with E-state index in [1.165, 1.54) is 12.1 Å². The molecule has 0 spiro atoms. The number of benzene rings is 2. The Labute approximate surface area is 129 Å². The van der Waals surface area contributed by atoms with E-state index in [0.717, 1.165) is 10.0 Å². The zero-order valence-corrected chi connectivity index (χ0v) is 12.4. The molecule has 0 saturated carbocycles. The lowest BCUT2D eigenvalue weighted by atomic mass is 10.2. The summed E-state index contributed by atoms with van der Waals surface area (Å²) in [5.41, 5.74) is 1.63. The van der Waals surface area contributed by atoms with E-state index in [4.69, 9.17) is 9.47 Å². The van der Waals surface area contributed by atoms with Gasteiger partial charge in [0, 0.05) is 28.7 Å². The summed E-state index contributed by atoms with van der Waals surface area (Å²) in [6.45, 7) is 0.694. The molecule has 108 valence electrons. The third kappa shape index (κ3) is 2.78. The van der Waals surface area contributed by atoms with Gasteiger partial charge in [-0.15, -0.1) is 0 Å². The summed E-state index contributed by atoms with van der Waals surface area (Å²) in [5.74, 6) is 1.43. The summed E-state index contributed by atoms with van der Waals surface area (Å²) < 4.78 is 11.5. The van der Waals surface area contributed by atoms with Gasteiger partial charge < -0.3 is 14.8 Å². The van der Waals surface area contributed by atoms with Gasteiger partial charge in [-0.3, -0.25) is 10.1 Å². The van der Waals surface area contributed by atoms with Gasteiger partial charge in [-0.1, -0.05) is 12.1 Å². The molecule has 2 aromatic carbocycles. The topological polar surface area (TPSA) is 73.6 Å². The van der Waals surface area contributed by atoms with Crippen LogP contribution in [0.15, 0.2) is 40.9 Å². The van der Waals surface area contributed by atoms with Crippen molar-refractivity contribution >= 4 is 27.3 Å². The van der Waals surface area contributed by atoms with Crippen molar-refractivity contribution in [2.24, 2.45) is 0 Å². The number of ether oxygens (including phenoxy) is 2. The number of halogens is 1. The van der Waals surface area contributed by atoms with Gasteiger partial charge in [0.25, 0.3) is 5.69 Å². The lowest BCUT2D eigenvalue weighted by Crippen LogP contribution is -2.02. The molecular formula is C14H11BrN2O4. The average Bonchev–Trinajstić information content (AvgIpc) is 2.95. The van der Waals surface area contributed by atoms with Crippen LogP contribution in [0.5, 0.6) is 11.5 Å². The van der Waals surface area contributed by atoms with Crippen molar-refractivity contribution in [1.82, 2.24) is 0 Å². The highest BCUT2D eigenvalue weighted by atomic mass is 79.9. The quantitative estimate of drug-likeness (QED) is 0.672. The Morgan fingerprint density at radius 3 is 2.95 bits per heavy atom. The molecule has 0 aromatic heterocycles. The third-order valence-corrected chi connectivity index (χ3v) is 3.80. The van der Waals surface area contributed by atoms with E-state index in [2.05, 4.69) is 21.2 Å². The maximum absolute atomic E-state index is 10.8. The van der Waals surface area contributed by atoms with Crippen LogP contribution in [0.4, 0.5) is 11.4 Å². The van der Waals surface area contributed by atoms with Gasteiger partial charge in [0.05, 0.1) is 10.6 Å². The molecule has 21 heavy (non-hydrogen) atoms. The first-order chi connectivity index (χ1) is 10.1. The number of nitro groups is 1. The lowest BCUT2D eigenvalue weighted by Gasteiger charge is -2.10. The molecule has 1 aliphatic heterocycles. The van der Waals surface area contributed by atoms with Crippen molar-refractivity contribution in [2.75, 3.05) is 12.1 Å². The molecule has 0 saturated heterocycles. The Hall–Kier alpha value is -2.28. The lowest BCUT2D eigenvalue weighted by molar-refractivity contribution is -0.384. The first-order valence-corrected chi connectivity index (χ1v) is 7.00. The molecular weight excluding hydrogens is 340 g/mol. The first kappa shape index (κ1) is 13.7. The van der Waals surface area contributed by atoms with Crippen molar-refractivity contribution < 1.29 is 14.4 Å². The number of rotatable bonds is 4. The van der Waals surface area contributed by atoms with E-state index in [9.17, 15) is 10.1 Å². The molecule has 6 nitrogen and oxygen atoms in total. The standard InChI is InChI=1S/C14H11BrN2O4/c15-11-5-4-10(17(18)19)6-12(11)16-7-9-2-1-3-13-14(9)21-8-20-13/h1-6,16H,7-8H2. The molecule has 1 N–H and O–H groups in total. The monoisotopic (exact) mass is 350 g/mol. The fourth-order valence-corrected chi connectivity index (χ4v) is 2.47. The maximum atomic E-state index is 10.8. The van der Waals surface area contributed by atoms with E-state index in [-0.39, 0.29) is 12.5 Å². The summed E-state index contributed by atoms with van der Waals surface area (Å²) in [6.07, 6.45) is 0. The molecule has 0 atom stereocenters. The number of anilines is 1. The number of nitrogens with zero attached hydrogens (tertiary/aromatic N) is 1. The molecule has 0 bridgehead atoms. The zero-order valence-electron chi connectivity index (χ0n) is 10.8. The van der Waals surface area contributed by atoms with E-state index >= 15 is 0 Å². The van der Waals surface area contributed by atoms with Gasteiger partial charge in [-0.25, -0.2) is 0 Å². The highest BCUT2D eigenvalue weighted by molar-refractivity contribution is 9.10. The fraction of sp³-hybridized carbons (Fsp3) is 0.143. The van der Waals surface area contributed by atoms with Gasteiger partial charge in [0.15, 0.2) is 11.5 Å². The molecule has 0 fully saturated rings. The number of nitro benzene ring substituents is 1. The number of nitrogens with one attached hydrogen (secondary N) is 1. The molecule has 2 aromatic rings. The van der Waals surface area contributed by atoms with Crippen LogP contribution in [0.3, 0.4) is 0 Å². The van der Waals surface area contributed by atoms with E-state index in [0.29, 0.717) is 23.7 Å². The van der Waals surface area contributed by atoms with Crippen LogP contribution in [0.2, 0.25) is 0 Å². The van der Waals surface area contributed by atoms with Gasteiger partial charge in [0.1, 0.15) is 0 Å². The van der Waals surface area contributed by atoms with E-state index in [1.54, 1.807) is 6.07 Å². The molecule has 0 amide bonds. The molecule has 0 unspecified atom stereocenters. The minimum absolute atomic E-state index is 0.0403. The van der Waals surface area contributed by atoms with Crippen LogP contribution in [0.1, 0.15) is 5.56 Å². The molecule has 1 aliphatic rings. The highest BCUT2D eigenvalue weighted by Crippen LogP contribution is 2.36. The van der Waals surface area contributed by atoms with E-state index < -0.39 is 4.92 Å². The van der Waals surface area contributed by atoms with Crippen molar-refractivity contribution in [2.45, 2.75) is 6.54 Å². The Bertz CT molecular complexity index is 705. The number of non-ortho nitro benzene ring substituents is 1. The van der Waals surface area contributed by atoms with Crippen molar-refractivity contribution in [3.8, 4) is 11.5 Å². The van der Waals surface area contributed by atoms with Gasteiger partial charge in [-0.05, 0) is 28.1 Å². The van der Waals surface area contributed by atoms with Crippen LogP contribution in [0, 0.1) is 10.1 Å². The second-order valence-corrected chi connectivity index (χ2v) is 5.28. The van der Waals surface area contributed by atoms with Crippen LogP contribution in [-0.2, 0) is 6.54 Å². The second kappa shape index (κ2) is 5.61. The predicted octanol–water partition coefficient (Wildman–Crippen LogP) is 3.70. The normalized spacial score (nSPS) is 12.2. The Morgan fingerprint density at radius 2 is 2.14 bits per heavy atom. The van der Waals surface area contributed by atoms with E-state index in [1.807, 2.05) is 18.2 Å². The molecule has 3 rings (SSSR count). The summed E-state index contributed by atoms with van der Waals surface area (Å²) in [6, 6.07) is 10.2. The first-order valence-electron chi connectivity index (χ1n) is 6.20. The van der Waals surface area contributed by atoms with Crippen LogP contribution in [-0.4, -0.2) is 11.7 Å². The van der Waals surface area contributed by atoms with Crippen LogP contribution in [0.25, 0.3) is 0 Å². The zero-order chi connectivity index (χ0) is 14.8. The Balaban J connectivity index is 1.81. The fourth-order valence-electron chi connectivity index (χ4n) is 2.08. The van der Waals surface area contributed by atoms with Crippen molar-refractivity contribution in [3.05, 3.63) is 56.5 Å². The van der Waals surface area contributed by atoms with Crippen LogP contribution < -0.4 is 14.8 Å². The molecule has 1 heterocycles. The summed E-state index contributed by atoms with van der Waals surface area (Å²) in [5, 5.41) is 14.0. The summed E-state index contributed by atoms with van der Waals surface area (Å²) in [7, 11) is 0. The smallest absolute Gasteiger partial charge is 0.271 e. The number of fused-ring (bicyclic) bond motifs is 1. The van der Waals surface area contributed by atoms with Gasteiger partial charge >= 0.3 is 0 Å². The molecule has 7 heteroatoms. The largest absolute Gasteiger partial charge is 0.454 e. The molecule has 0 radical (unpaired) electrons. The molecule has 0 aliphatic carbocycles. The number of para-hydroxylation sites is 1. The Morgan fingerprint density at radius 1 is 1.29 bits per heavy atom. The predicted molar refractivity (Wildman–Crippen MR) is 80.7 cm³/mol. The van der Waals surface area contributed by atoms with Crippen molar-refractivity contribution in [3.63, 3.8) is 0 Å². The number of hydrogen-bond donors (Lipinski definition) is 1. The third-order valence-electron chi connectivity index (χ3n) is 3.11. The van der Waals surface area contributed by atoms with Gasteiger partial charge in [0.2, 0.25) is 6.79 Å².